The molecule has 0 saturated heterocycles. The van der Waals surface area contributed by atoms with Crippen LogP contribution in [0.15, 0.2) is 6.07 Å². The maximum absolute atomic E-state index is 5.93. The second kappa shape index (κ2) is 6.90. The van der Waals surface area contributed by atoms with Crippen LogP contribution >= 0.6 is 11.6 Å². The maximum Gasteiger partial charge on any atom is 0.224 e. The van der Waals surface area contributed by atoms with Crippen LogP contribution in [0.4, 0.5) is 5.82 Å². The standard InChI is InChI=1S/C13H23ClN4/c1-10(2)9-18(7-6-17(4)5)12-8-11(3)15-13(14)16-12/h8,10H,6-7,9H2,1-5H3. The smallest absolute Gasteiger partial charge is 0.224 e. The summed E-state index contributed by atoms with van der Waals surface area (Å²) < 4.78 is 0. The molecule has 1 heterocycles. The molecule has 0 aromatic carbocycles. The van der Waals surface area contributed by atoms with E-state index in [0.717, 1.165) is 31.1 Å². The van der Waals surface area contributed by atoms with Crippen molar-refractivity contribution in [2.75, 3.05) is 38.6 Å². The van der Waals surface area contributed by atoms with Gasteiger partial charge < -0.3 is 9.80 Å². The van der Waals surface area contributed by atoms with Crippen molar-refractivity contribution in [1.29, 1.82) is 0 Å². The minimum Gasteiger partial charge on any atom is -0.355 e. The van der Waals surface area contributed by atoms with E-state index in [0.29, 0.717) is 11.2 Å². The first-order valence-corrected chi connectivity index (χ1v) is 6.67. The predicted molar refractivity (Wildman–Crippen MR) is 77.4 cm³/mol. The van der Waals surface area contributed by atoms with Gasteiger partial charge in [0.05, 0.1) is 0 Å². The van der Waals surface area contributed by atoms with Crippen molar-refractivity contribution in [3.05, 3.63) is 17.0 Å². The average molecular weight is 271 g/mol. The van der Waals surface area contributed by atoms with E-state index >= 15 is 0 Å². The number of rotatable bonds is 6. The van der Waals surface area contributed by atoms with Crippen LogP contribution in [-0.2, 0) is 0 Å². The van der Waals surface area contributed by atoms with Crippen LogP contribution in [0.25, 0.3) is 0 Å². The number of aromatic nitrogens is 2. The highest BCUT2D eigenvalue weighted by molar-refractivity contribution is 6.28. The Labute approximate surface area is 115 Å². The third kappa shape index (κ3) is 5.19. The summed E-state index contributed by atoms with van der Waals surface area (Å²) in [5.41, 5.74) is 0.906. The first kappa shape index (κ1) is 15.2. The zero-order valence-electron chi connectivity index (χ0n) is 11.9. The Hall–Kier alpha value is -0.870. The summed E-state index contributed by atoms with van der Waals surface area (Å²) in [6, 6.07) is 1.99. The van der Waals surface area contributed by atoms with Crippen LogP contribution in [-0.4, -0.2) is 48.6 Å². The molecule has 0 bridgehead atoms. The van der Waals surface area contributed by atoms with Crippen molar-refractivity contribution in [3.63, 3.8) is 0 Å². The lowest BCUT2D eigenvalue weighted by atomic mass is 10.2. The molecule has 102 valence electrons. The van der Waals surface area contributed by atoms with Crippen molar-refractivity contribution >= 4 is 17.4 Å². The Bertz CT molecular complexity index is 359. The molecular weight excluding hydrogens is 248 g/mol. The van der Waals surface area contributed by atoms with E-state index in [1.54, 1.807) is 0 Å². The first-order chi connectivity index (χ1) is 8.38. The maximum atomic E-state index is 5.93. The summed E-state index contributed by atoms with van der Waals surface area (Å²) in [4.78, 5) is 12.9. The number of aryl methyl sites for hydroxylation is 1. The Morgan fingerprint density at radius 3 is 2.39 bits per heavy atom. The minimum absolute atomic E-state index is 0.323. The van der Waals surface area contributed by atoms with Crippen LogP contribution in [0, 0.1) is 12.8 Å². The Kier molecular flexibility index (Phi) is 5.82. The minimum atomic E-state index is 0.323. The summed E-state index contributed by atoms with van der Waals surface area (Å²) in [6.07, 6.45) is 0. The number of likely N-dealkylation sites (N-methyl/N-ethyl adjacent to an activating group) is 1. The van der Waals surface area contributed by atoms with Gasteiger partial charge in [-0.1, -0.05) is 13.8 Å². The van der Waals surface area contributed by atoms with Gasteiger partial charge >= 0.3 is 0 Å². The van der Waals surface area contributed by atoms with Crippen molar-refractivity contribution in [1.82, 2.24) is 14.9 Å². The molecule has 18 heavy (non-hydrogen) atoms. The predicted octanol–water partition coefficient (Wildman–Crippen LogP) is 2.46. The van der Waals surface area contributed by atoms with E-state index in [1.165, 1.54) is 0 Å². The van der Waals surface area contributed by atoms with E-state index in [9.17, 15) is 0 Å². The molecule has 0 radical (unpaired) electrons. The molecule has 0 aliphatic heterocycles. The number of halogens is 1. The van der Waals surface area contributed by atoms with E-state index in [2.05, 4.69) is 47.7 Å². The first-order valence-electron chi connectivity index (χ1n) is 6.29. The van der Waals surface area contributed by atoms with Crippen LogP contribution in [0.2, 0.25) is 5.28 Å². The van der Waals surface area contributed by atoms with Crippen LogP contribution in [0.1, 0.15) is 19.5 Å². The molecule has 5 heteroatoms. The van der Waals surface area contributed by atoms with Gasteiger partial charge in [0.2, 0.25) is 5.28 Å². The highest BCUT2D eigenvalue weighted by Gasteiger charge is 2.12. The van der Waals surface area contributed by atoms with Crippen LogP contribution in [0.3, 0.4) is 0 Å². The molecule has 1 aromatic rings. The summed E-state index contributed by atoms with van der Waals surface area (Å²) in [5, 5.41) is 0.323. The molecule has 0 unspecified atom stereocenters. The van der Waals surface area contributed by atoms with Gasteiger partial charge in [0.1, 0.15) is 5.82 Å². The zero-order valence-corrected chi connectivity index (χ0v) is 12.7. The Morgan fingerprint density at radius 2 is 1.89 bits per heavy atom. The molecule has 4 nitrogen and oxygen atoms in total. The number of hydrogen-bond acceptors (Lipinski definition) is 4. The van der Waals surface area contributed by atoms with E-state index in [1.807, 2.05) is 13.0 Å². The number of anilines is 1. The molecule has 0 amide bonds. The quantitative estimate of drug-likeness (QED) is 0.744. The normalized spacial score (nSPS) is 11.3. The molecule has 0 fully saturated rings. The van der Waals surface area contributed by atoms with Gasteiger partial charge in [-0.2, -0.15) is 0 Å². The second-order valence-corrected chi connectivity index (χ2v) is 5.62. The molecule has 1 rings (SSSR count). The van der Waals surface area contributed by atoms with Crippen molar-refractivity contribution < 1.29 is 0 Å². The number of hydrogen-bond donors (Lipinski definition) is 0. The molecular formula is C13H23ClN4. The molecule has 0 saturated carbocycles. The van der Waals surface area contributed by atoms with Crippen LogP contribution in [0.5, 0.6) is 0 Å². The van der Waals surface area contributed by atoms with Gasteiger partial charge in [-0.3, -0.25) is 0 Å². The Balaban J connectivity index is 2.86. The summed E-state index contributed by atoms with van der Waals surface area (Å²) >= 11 is 5.93. The monoisotopic (exact) mass is 270 g/mol. The third-order valence-electron chi connectivity index (χ3n) is 2.54. The van der Waals surface area contributed by atoms with Crippen molar-refractivity contribution in [3.8, 4) is 0 Å². The van der Waals surface area contributed by atoms with E-state index in [-0.39, 0.29) is 0 Å². The third-order valence-corrected chi connectivity index (χ3v) is 2.71. The second-order valence-electron chi connectivity index (χ2n) is 5.28. The summed E-state index contributed by atoms with van der Waals surface area (Å²) in [7, 11) is 4.15. The largest absolute Gasteiger partial charge is 0.355 e. The molecule has 0 spiro atoms. The fourth-order valence-electron chi connectivity index (χ4n) is 1.74. The Morgan fingerprint density at radius 1 is 1.22 bits per heavy atom. The van der Waals surface area contributed by atoms with Gasteiger partial charge in [-0.15, -0.1) is 0 Å². The van der Waals surface area contributed by atoms with Gasteiger partial charge in [0.25, 0.3) is 0 Å². The lowest BCUT2D eigenvalue weighted by molar-refractivity contribution is 0.408. The van der Waals surface area contributed by atoms with E-state index in [4.69, 9.17) is 11.6 Å². The van der Waals surface area contributed by atoms with Crippen molar-refractivity contribution in [2.45, 2.75) is 20.8 Å². The average Bonchev–Trinajstić information content (AvgIpc) is 2.22. The van der Waals surface area contributed by atoms with Crippen molar-refractivity contribution in [2.24, 2.45) is 5.92 Å². The van der Waals surface area contributed by atoms with Crippen LogP contribution < -0.4 is 4.90 Å². The highest BCUT2D eigenvalue weighted by Crippen LogP contribution is 2.16. The molecule has 0 N–H and O–H groups in total. The summed E-state index contributed by atoms with van der Waals surface area (Å²) in [6.45, 7) is 9.26. The fourth-order valence-corrected chi connectivity index (χ4v) is 1.96. The lowest BCUT2D eigenvalue weighted by Gasteiger charge is -2.27. The molecule has 0 aliphatic carbocycles. The van der Waals surface area contributed by atoms with Gasteiger partial charge in [-0.05, 0) is 38.5 Å². The van der Waals surface area contributed by atoms with Gasteiger partial charge in [-0.25, -0.2) is 9.97 Å². The van der Waals surface area contributed by atoms with Gasteiger partial charge in [0, 0.05) is 31.4 Å². The molecule has 0 atom stereocenters. The zero-order chi connectivity index (χ0) is 13.7. The summed E-state index contributed by atoms with van der Waals surface area (Å²) in [5.74, 6) is 1.50. The number of nitrogens with zero attached hydrogens (tertiary/aromatic N) is 4. The van der Waals surface area contributed by atoms with E-state index < -0.39 is 0 Å². The van der Waals surface area contributed by atoms with Gasteiger partial charge in [0.15, 0.2) is 0 Å². The molecule has 1 aromatic heterocycles. The molecule has 0 aliphatic rings. The topological polar surface area (TPSA) is 32.3 Å². The highest BCUT2D eigenvalue weighted by atomic mass is 35.5. The fraction of sp³-hybridized carbons (Fsp3) is 0.692. The lowest BCUT2D eigenvalue weighted by Crippen LogP contribution is -2.35. The SMILES string of the molecule is Cc1cc(N(CCN(C)C)CC(C)C)nc(Cl)n1.